The maximum atomic E-state index is 12.2. The number of ether oxygens (including phenoxy) is 1. The number of hydrogen-bond donors (Lipinski definition) is 2. The monoisotopic (exact) mass is 305 g/mol. The van der Waals surface area contributed by atoms with Crippen molar-refractivity contribution in [3.05, 3.63) is 29.8 Å². The van der Waals surface area contributed by atoms with Crippen molar-refractivity contribution in [2.24, 2.45) is 11.8 Å². The molecule has 1 aromatic rings. The van der Waals surface area contributed by atoms with Gasteiger partial charge in [0.15, 0.2) is 0 Å². The highest BCUT2D eigenvalue weighted by atomic mass is 16.5. The van der Waals surface area contributed by atoms with Gasteiger partial charge in [-0.1, -0.05) is 38.8 Å². The minimum absolute atomic E-state index is 0.0287. The van der Waals surface area contributed by atoms with Crippen molar-refractivity contribution in [3.8, 4) is 5.75 Å². The molecule has 0 aliphatic heterocycles. The number of carbonyl (C=O) groups excluding carboxylic acids is 1. The third-order valence-corrected chi connectivity index (χ3v) is 4.73. The van der Waals surface area contributed by atoms with Crippen molar-refractivity contribution in [2.45, 2.75) is 45.1 Å². The van der Waals surface area contributed by atoms with E-state index in [4.69, 9.17) is 4.74 Å². The highest BCUT2D eigenvalue weighted by Crippen LogP contribution is 2.48. The summed E-state index contributed by atoms with van der Waals surface area (Å²) in [5.41, 5.74) is 1.15. The average molecular weight is 305 g/mol. The van der Waals surface area contributed by atoms with E-state index >= 15 is 0 Å². The van der Waals surface area contributed by atoms with E-state index in [1.807, 2.05) is 24.3 Å². The molecule has 1 aliphatic carbocycles. The van der Waals surface area contributed by atoms with Gasteiger partial charge >= 0.3 is 0 Å². The Hall–Kier alpha value is -1.55. The number of methoxy groups -OCH3 is 1. The fourth-order valence-corrected chi connectivity index (χ4v) is 3.06. The number of amides is 1. The van der Waals surface area contributed by atoms with Crippen molar-refractivity contribution in [1.82, 2.24) is 5.32 Å². The fraction of sp³-hybridized carbons (Fsp3) is 0.611. The Morgan fingerprint density at radius 1 is 1.41 bits per heavy atom. The largest absolute Gasteiger partial charge is 0.497 e. The first kappa shape index (κ1) is 16.8. The summed E-state index contributed by atoms with van der Waals surface area (Å²) in [4.78, 5) is 12.2. The molecule has 122 valence electrons. The van der Waals surface area contributed by atoms with Crippen LogP contribution in [0.25, 0.3) is 0 Å². The smallest absolute Gasteiger partial charge is 0.223 e. The fourth-order valence-electron chi connectivity index (χ4n) is 3.06. The molecule has 3 unspecified atom stereocenters. The summed E-state index contributed by atoms with van der Waals surface area (Å²) in [6.45, 7) is 4.49. The Morgan fingerprint density at radius 3 is 2.77 bits per heavy atom. The standard InChI is InChI=1S/C18H27NO3/c1-4-12(5-2)17(20)11-19-18(21)16-10-15(16)13-7-6-8-14(9-13)22-3/h6-9,12,15-17,20H,4-5,10-11H2,1-3H3,(H,19,21). The number of aliphatic hydroxyl groups is 1. The molecule has 1 saturated carbocycles. The Kier molecular flexibility index (Phi) is 5.83. The van der Waals surface area contributed by atoms with Gasteiger partial charge in [0.25, 0.3) is 0 Å². The topological polar surface area (TPSA) is 58.6 Å². The summed E-state index contributed by atoms with van der Waals surface area (Å²) >= 11 is 0. The van der Waals surface area contributed by atoms with Gasteiger partial charge in [-0.2, -0.15) is 0 Å². The normalized spacial score (nSPS) is 21.5. The van der Waals surface area contributed by atoms with E-state index in [9.17, 15) is 9.90 Å². The Bertz CT molecular complexity index is 499. The van der Waals surface area contributed by atoms with Crippen LogP contribution < -0.4 is 10.1 Å². The van der Waals surface area contributed by atoms with Gasteiger partial charge < -0.3 is 15.2 Å². The highest BCUT2D eigenvalue weighted by molar-refractivity contribution is 5.82. The van der Waals surface area contributed by atoms with E-state index in [0.29, 0.717) is 6.54 Å². The van der Waals surface area contributed by atoms with Crippen LogP contribution in [0.5, 0.6) is 5.75 Å². The Morgan fingerprint density at radius 2 is 2.14 bits per heavy atom. The van der Waals surface area contributed by atoms with Crippen molar-refractivity contribution in [3.63, 3.8) is 0 Å². The molecule has 0 saturated heterocycles. The predicted molar refractivity (Wildman–Crippen MR) is 86.9 cm³/mol. The van der Waals surface area contributed by atoms with E-state index in [0.717, 1.165) is 30.6 Å². The quantitative estimate of drug-likeness (QED) is 0.776. The van der Waals surface area contributed by atoms with Gasteiger partial charge in [0.1, 0.15) is 5.75 Å². The summed E-state index contributed by atoms with van der Waals surface area (Å²) < 4.78 is 5.22. The van der Waals surface area contributed by atoms with E-state index < -0.39 is 6.10 Å². The molecule has 1 fully saturated rings. The molecule has 1 aliphatic rings. The highest BCUT2D eigenvalue weighted by Gasteiger charge is 2.44. The SMILES string of the molecule is CCC(CC)C(O)CNC(=O)C1CC1c1cccc(OC)c1. The van der Waals surface area contributed by atoms with Crippen LogP contribution >= 0.6 is 0 Å². The van der Waals surface area contributed by atoms with Crippen LogP contribution in [0.3, 0.4) is 0 Å². The zero-order valence-corrected chi connectivity index (χ0v) is 13.7. The maximum absolute atomic E-state index is 12.2. The Labute approximate surface area is 132 Å². The van der Waals surface area contributed by atoms with E-state index in [1.165, 1.54) is 0 Å². The minimum atomic E-state index is -0.451. The number of nitrogens with one attached hydrogen (secondary N) is 1. The predicted octanol–water partition coefficient (Wildman–Crippen LogP) is 2.71. The van der Waals surface area contributed by atoms with Crippen LogP contribution in [0.4, 0.5) is 0 Å². The molecular weight excluding hydrogens is 278 g/mol. The van der Waals surface area contributed by atoms with Gasteiger partial charge in [0.05, 0.1) is 13.2 Å². The lowest BCUT2D eigenvalue weighted by Crippen LogP contribution is -2.37. The zero-order valence-electron chi connectivity index (χ0n) is 13.7. The lowest BCUT2D eigenvalue weighted by Gasteiger charge is -2.20. The lowest BCUT2D eigenvalue weighted by atomic mass is 9.96. The van der Waals surface area contributed by atoms with Gasteiger partial charge in [0, 0.05) is 12.5 Å². The summed E-state index contributed by atoms with van der Waals surface area (Å²) in [5.74, 6) is 1.45. The summed E-state index contributed by atoms with van der Waals surface area (Å²) in [5, 5.41) is 13.0. The van der Waals surface area contributed by atoms with Crippen molar-refractivity contribution < 1.29 is 14.6 Å². The summed E-state index contributed by atoms with van der Waals surface area (Å²) in [6, 6.07) is 7.90. The first-order valence-corrected chi connectivity index (χ1v) is 8.20. The molecule has 1 aromatic carbocycles. The third-order valence-electron chi connectivity index (χ3n) is 4.73. The maximum Gasteiger partial charge on any atom is 0.223 e. The second kappa shape index (κ2) is 7.63. The second-order valence-corrected chi connectivity index (χ2v) is 6.11. The molecule has 2 rings (SSSR count). The van der Waals surface area contributed by atoms with Crippen LogP contribution in [0.2, 0.25) is 0 Å². The van der Waals surface area contributed by atoms with Crippen LogP contribution in [-0.4, -0.2) is 30.8 Å². The molecule has 3 atom stereocenters. The van der Waals surface area contributed by atoms with E-state index in [-0.39, 0.29) is 23.7 Å². The van der Waals surface area contributed by atoms with Gasteiger partial charge in [-0.05, 0) is 36.0 Å². The number of benzene rings is 1. The van der Waals surface area contributed by atoms with Gasteiger partial charge in [0.2, 0.25) is 5.91 Å². The van der Waals surface area contributed by atoms with Crippen molar-refractivity contribution >= 4 is 5.91 Å². The molecule has 0 aromatic heterocycles. The minimum Gasteiger partial charge on any atom is -0.497 e. The lowest BCUT2D eigenvalue weighted by molar-refractivity contribution is -0.123. The molecule has 1 amide bonds. The van der Waals surface area contributed by atoms with E-state index in [2.05, 4.69) is 19.2 Å². The van der Waals surface area contributed by atoms with Crippen LogP contribution in [0.1, 0.15) is 44.6 Å². The van der Waals surface area contributed by atoms with Gasteiger partial charge in [-0.25, -0.2) is 0 Å². The molecule has 0 bridgehead atoms. The zero-order chi connectivity index (χ0) is 16.1. The molecule has 2 N–H and O–H groups in total. The number of carbonyl (C=O) groups is 1. The number of aliphatic hydroxyl groups excluding tert-OH is 1. The molecule has 0 spiro atoms. The number of rotatable bonds is 8. The second-order valence-electron chi connectivity index (χ2n) is 6.11. The molecular formula is C18H27NO3. The molecule has 0 heterocycles. The molecule has 4 heteroatoms. The van der Waals surface area contributed by atoms with E-state index in [1.54, 1.807) is 7.11 Å². The summed E-state index contributed by atoms with van der Waals surface area (Å²) in [7, 11) is 1.65. The van der Waals surface area contributed by atoms with Gasteiger partial charge in [-0.15, -0.1) is 0 Å². The Balaban J connectivity index is 1.83. The van der Waals surface area contributed by atoms with Crippen molar-refractivity contribution in [2.75, 3.05) is 13.7 Å². The molecule has 0 radical (unpaired) electrons. The van der Waals surface area contributed by atoms with Crippen molar-refractivity contribution in [1.29, 1.82) is 0 Å². The number of hydrogen-bond acceptors (Lipinski definition) is 3. The first-order valence-electron chi connectivity index (χ1n) is 8.20. The van der Waals surface area contributed by atoms with Crippen LogP contribution in [0.15, 0.2) is 24.3 Å². The molecule has 22 heavy (non-hydrogen) atoms. The average Bonchev–Trinajstić information content (AvgIpc) is 3.34. The third kappa shape index (κ3) is 4.01. The first-order chi connectivity index (χ1) is 10.6. The van der Waals surface area contributed by atoms with Crippen LogP contribution in [0, 0.1) is 11.8 Å². The summed E-state index contributed by atoms with van der Waals surface area (Å²) in [6.07, 6.45) is 2.29. The van der Waals surface area contributed by atoms with Crippen LogP contribution in [-0.2, 0) is 4.79 Å². The van der Waals surface area contributed by atoms with Gasteiger partial charge in [-0.3, -0.25) is 4.79 Å². The molecule has 4 nitrogen and oxygen atoms in total.